The van der Waals surface area contributed by atoms with E-state index in [9.17, 15) is 4.39 Å². The lowest BCUT2D eigenvalue weighted by molar-refractivity contribution is 0.218. The molecule has 1 aromatic rings. The SMILES string of the molecule is NCC1(c2ccc(CN3CCCCC3)c(F)c2)CCC1. The Bertz CT molecular complexity index is 457. The molecule has 3 heteroatoms. The molecule has 1 aliphatic heterocycles. The Morgan fingerprint density at radius 3 is 2.40 bits per heavy atom. The van der Waals surface area contributed by atoms with Crippen LogP contribution >= 0.6 is 0 Å². The molecule has 2 nitrogen and oxygen atoms in total. The average Bonchev–Trinajstić information content (AvgIpc) is 2.42. The van der Waals surface area contributed by atoms with Crippen molar-refractivity contribution < 1.29 is 4.39 Å². The largest absolute Gasteiger partial charge is 0.330 e. The first-order valence-corrected chi connectivity index (χ1v) is 7.95. The summed E-state index contributed by atoms with van der Waals surface area (Å²) in [7, 11) is 0. The lowest BCUT2D eigenvalue weighted by Crippen LogP contribution is -2.41. The van der Waals surface area contributed by atoms with Crippen LogP contribution < -0.4 is 5.73 Å². The van der Waals surface area contributed by atoms with Gasteiger partial charge >= 0.3 is 0 Å². The summed E-state index contributed by atoms with van der Waals surface area (Å²) in [5.74, 6) is -0.0483. The van der Waals surface area contributed by atoms with E-state index in [0.717, 1.165) is 43.6 Å². The van der Waals surface area contributed by atoms with Gasteiger partial charge in [0.1, 0.15) is 5.82 Å². The third-order valence-corrected chi connectivity index (χ3v) is 5.21. The van der Waals surface area contributed by atoms with Crippen molar-refractivity contribution in [2.75, 3.05) is 19.6 Å². The van der Waals surface area contributed by atoms with E-state index in [2.05, 4.69) is 11.0 Å². The number of nitrogens with zero attached hydrogens (tertiary/aromatic N) is 1. The first kappa shape index (κ1) is 14.0. The fraction of sp³-hybridized carbons (Fsp3) is 0.647. The minimum atomic E-state index is -0.0483. The number of nitrogens with two attached hydrogens (primary N) is 1. The van der Waals surface area contributed by atoms with Crippen molar-refractivity contribution in [1.29, 1.82) is 0 Å². The molecule has 2 aliphatic rings. The molecule has 0 spiro atoms. The van der Waals surface area contributed by atoms with Gasteiger partial charge in [0.2, 0.25) is 0 Å². The maximum Gasteiger partial charge on any atom is 0.127 e. The highest BCUT2D eigenvalue weighted by atomic mass is 19.1. The molecule has 0 bridgehead atoms. The van der Waals surface area contributed by atoms with E-state index in [1.807, 2.05) is 6.07 Å². The van der Waals surface area contributed by atoms with Crippen molar-refractivity contribution in [3.8, 4) is 0 Å². The molecule has 2 fully saturated rings. The molecule has 0 atom stereocenters. The van der Waals surface area contributed by atoms with Crippen molar-refractivity contribution >= 4 is 0 Å². The fourth-order valence-corrected chi connectivity index (χ4v) is 3.58. The second-order valence-corrected chi connectivity index (χ2v) is 6.48. The Balaban J connectivity index is 1.73. The minimum absolute atomic E-state index is 0.0483. The third kappa shape index (κ3) is 2.61. The number of halogens is 1. The molecule has 1 saturated heterocycles. The van der Waals surface area contributed by atoms with Crippen LogP contribution in [0.15, 0.2) is 18.2 Å². The summed E-state index contributed by atoms with van der Waals surface area (Å²) in [6, 6.07) is 5.83. The first-order valence-electron chi connectivity index (χ1n) is 7.95. The van der Waals surface area contributed by atoms with E-state index in [1.54, 1.807) is 6.07 Å². The molecule has 20 heavy (non-hydrogen) atoms. The van der Waals surface area contributed by atoms with Crippen LogP contribution in [0.4, 0.5) is 4.39 Å². The maximum absolute atomic E-state index is 14.4. The second-order valence-electron chi connectivity index (χ2n) is 6.48. The van der Waals surface area contributed by atoms with Crippen molar-refractivity contribution in [3.05, 3.63) is 35.1 Å². The van der Waals surface area contributed by atoms with Crippen LogP contribution in [0, 0.1) is 5.82 Å². The van der Waals surface area contributed by atoms with Gasteiger partial charge in [-0.15, -0.1) is 0 Å². The van der Waals surface area contributed by atoms with Gasteiger partial charge in [-0.2, -0.15) is 0 Å². The molecule has 3 rings (SSSR count). The van der Waals surface area contributed by atoms with Gasteiger partial charge in [-0.25, -0.2) is 4.39 Å². The quantitative estimate of drug-likeness (QED) is 0.915. The number of benzene rings is 1. The van der Waals surface area contributed by atoms with E-state index >= 15 is 0 Å². The van der Waals surface area contributed by atoms with Crippen LogP contribution in [0.25, 0.3) is 0 Å². The van der Waals surface area contributed by atoms with Crippen LogP contribution in [-0.2, 0) is 12.0 Å². The normalized spacial score (nSPS) is 22.5. The van der Waals surface area contributed by atoms with E-state index in [0.29, 0.717) is 6.54 Å². The summed E-state index contributed by atoms with van der Waals surface area (Å²) in [5, 5.41) is 0. The molecular formula is C17H25FN2. The first-order chi connectivity index (χ1) is 9.73. The van der Waals surface area contributed by atoms with E-state index in [1.165, 1.54) is 25.7 Å². The minimum Gasteiger partial charge on any atom is -0.330 e. The van der Waals surface area contributed by atoms with Crippen molar-refractivity contribution in [3.63, 3.8) is 0 Å². The number of hydrogen-bond acceptors (Lipinski definition) is 2. The standard InChI is InChI=1S/C17H25FN2/c18-16-11-15(17(13-19)7-4-8-17)6-5-14(16)12-20-9-2-1-3-10-20/h5-6,11H,1-4,7-10,12-13,19H2. The summed E-state index contributed by atoms with van der Waals surface area (Å²) in [6.07, 6.45) is 7.24. The third-order valence-electron chi connectivity index (χ3n) is 5.21. The summed E-state index contributed by atoms with van der Waals surface area (Å²) < 4.78 is 14.4. The van der Waals surface area contributed by atoms with Gasteiger partial charge in [-0.1, -0.05) is 25.0 Å². The Hall–Kier alpha value is -0.930. The van der Waals surface area contributed by atoms with Crippen molar-refractivity contribution in [2.24, 2.45) is 5.73 Å². The van der Waals surface area contributed by atoms with E-state index < -0.39 is 0 Å². The number of piperidine rings is 1. The second kappa shape index (κ2) is 5.82. The highest BCUT2D eigenvalue weighted by molar-refractivity contribution is 5.33. The predicted octanol–water partition coefficient (Wildman–Crippen LogP) is 3.19. The Morgan fingerprint density at radius 2 is 1.85 bits per heavy atom. The molecule has 0 aromatic heterocycles. The summed E-state index contributed by atoms with van der Waals surface area (Å²) in [5.41, 5.74) is 7.91. The summed E-state index contributed by atoms with van der Waals surface area (Å²) in [4.78, 5) is 2.36. The van der Waals surface area contributed by atoms with Crippen LogP contribution in [0.5, 0.6) is 0 Å². The van der Waals surface area contributed by atoms with Crippen LogP contribution in [0.3, 0.4) is 0 Å². The highest BCUT2D eigenvalue weighted by Crippen LogP contribution is 2.43. The van der Waals surface area contributed by atoms with E-state index in [-0.39, 0.29) is 11.2 Å². The van der Waals surface area contributed by atoms with Gasteiger partial charge in [-0.05, 0) is 50.4 Å². The van der Waals surface area contributed by atoms with Crippen molar-refractivity contribution in [1.82, 2.24) is 4.90 Å². The van der Waals surface area contributed by atoms with Gasteiger partial charge in [0, 0.05) is 24.1 Å². The molecule has 1 aromatic carbocycles. The van der Waals surface area contributed by atoms with Gasteiger partial charge < -0.3 is 5.73 Å². The Labute approximate surface area is 121 Å². The zero-order chi connectivity index (χ0) is 14.0. The molecule has 1 heterocycles. The van der Waals surface area contributed by atoms with Gasteiger partial charge in [0.25, 0.3) is 0 Å². The summed E-state index contributed by atoms with van der Waals surface area (Å²) >= 11 is 0. The predicted molar refractivity (Wildman–Crippen MR) is 80.1 cm³/mol. The van der Waals surface area contributed by atoms with Crippen LogP contribution in [-0.4, -0.2) is 24.5 Å². The lowest BCUT2D eigenvalue weighted by atomic mass is 9.64. The zero-order valence-electron chi connectivity index (χ0n) is 12.2. The summed E-state index contributed by atoms with van der Waals surface area (Å²) in [6.45, 7) is 3.60. The molecule has 0 amide bonds. The molecular weight excluding hydrogens is 251 g/mol. The Kier molecular flexibility index (Phi) is 4.08. The molecule has 2 N–H and O–H groups in total. The van der Waals surface area contributed by atoms with Gasteiger partial charge in [0.15, 0.2) is 0 Å². The van der Waals surface area contributed by atoms with Gasteiger partial charge in [0.05, 0.1) is 0 Å². The topological polar surface area (TPSA) is 29.3 Å². The highest BCUT2D eigenvalue weighted by Gasteiger charge is 2.37. The number of rotatable bonds is 4. The molecule has 0 unspecified atom stereocenters. The van der Waals surface area contributed by atoms with Crippen molar-refractivity contribution in [2.45, 2.75) is 50.5 Å². The Morgan fingerprint density at radius 1 is 1.10 bits per heavy atom. The smallest absolute Gasteiger partial charge is 0.127 e. The maximum atomic E-state index is 14.4. The molecule has 1 aliphatic carbocycles. The fourth-order valence-electron chi connectivity index (χ4n) is 3.58. The van der Waals surface area contributed by atoms with E-state index in [4.69, 9.17) is 5.73 Å². The van der Waals surface area contributed by atoms with Crippen LogP contribution in [0.2, 0.25) is 0 Å². The van der Waals surface area contributed by atoms with Crippen LogP contribution in [0.1, 0.15) is 49.7 Å². The lowest BCUT2D eigenvalue weighted by Gasteiger charge is -2.41. The number of hydrogen-bond donors (Lipinski definition) is 1. The number of likely N-dealkylation sites (tertiary alicyclic amines) is 1. The molecule has 110 valence electrons. The monoisotopic (exact) mass is 276 g/mol. The molecule has 1 saturated carbocycles. The molecule has 0 radical (unpaired) electrons. The van der Waals surface area contributed by atoms with Gasteiger partial charge in [-0.3, -0.25) is 4.90 Å². The zero-order valence-corrected chi connectivity index (χ0v) is 12.2. The average molecular weight is 276 g/mol.